The van der Waals surface area contributed by atoms with Gasteiger partial charge in [0.25, 0.3) is 0 Å². The molecule has 4 nitrogen and oxygen atoms in total. The third kappa shape index (κ3) is 3.48. The molecule has 0 saturated carbocycles. The molecule has 1 aliphatic heterocycles. The molecule has 1 heterocycles. The lowest BCUT2D eigenvalue weighted by Gasteiger charge is -2.30. The Hall–Kier alpha value is -1.07. The number of sulfone groups is 1. The maximum absolute atomic E-state index is 11.5. The fourth-order valence-electron chi connectivity index (χ4n) is 2.86. The van der Waals surface area contributed by atoms with Gasteiger partial charge in [0, 0.05) is 12.5 Å². The van der Waals surface area contributed by atoms with Crippen molar-refractivity contribution in [2.75, 3.05) is 25.1 Å². The maximum atomic E-state index is 11.5. The SMILES string of the molecule is CNCC(c1ccccc1O)C1CCS(=O)(=O)CC1. The standard InChI is InChI=1S/C14H21NO3S/c1-15-10-13(12-4-2-3-5-14(12)16)11-6-8-19(17,18)9-7-11/h2-5,11,13,15-16H,6-10H2,1H3. The average Bonchev–Trinajstić information content (AvgIpc) is 2.38. The first-order valence-electron chi connectivity index (χ1n) is 6.66. The van der Waals surface area contributed by atoms with Crippen LogP contribution in [0.1, 0.15) is 24.3 Å². The zero-order valence-electron chi connectivity index (χ0n) is 11.2. The molecule has 0 amide bonds. The highest BCUT2D eigenvalue weighted by Crippen LogP contribution is 2.36. The number of phenolic OH excluding ortho intramolecular Hbond substituents is 1. The lowest BCUT2D eigenvalue weighted by molar-refractivity contribution is 0.363. The number of likely N-dealkylation sites (N-methyl/N-ethyl adjacent to an activating group) is 1. The van der Waals surface area contributed by atoms with E-state index in [1.54, 1.807) is 12.1 Å². The summed E-state index contributed by atoms with van der Waals surface area (Å²) in [7, 11) is -0.958. The van der Waals surface area contributed by atoms with Gasteiger partial charge in [0.2, 0.25) is 0 Å². The first kappa shape index (κ1) is 14.3. The fraction of sp³-hybridized carbons (Fsp3) is 0.571. The molecule has 0 bridgehead atoms. The van der Waals surface area contributed by atoms with E-state index in [1.165, 1.54) is 0 Å². The molecule has 0 radical (unpaired) electrons. The minimum atomic E-state index is -2.84. The van der Waals surface area contributed by atoms with Crippen LogP contribution in [0, 0.1) is 5.92 Å². The van der Waals surface area contributed by atoms with Gasteiger partial charge in [-0.25, -0.2) is 8.42 Å². The van der Waals surface area contributed by atoms with Crippen molar-refractivity contribution < 1.29 is 13.5 Å². The van der Waals surface area contributed by atoms with Crippen molar-refractivity contribution in [1.29, 1.82) is 0 Å². The van der Waals surface area contributed by atoms with Gasteiger partial charge in [-0.2, -0.15) is 0 Å². The van der Waals surface area contributed by atoms with Crippen LogP contribution in [0.25, 0.3) is 0 Å². The molecule has 0 spiro atoms. The van der Waals surface area contributed by atoms with Crippen LogP contribution in [0.2, 0.25) is 0 Å². The summed E-state index contributed by atoms with van der Waals surface area (Å²) in [4.78, 5) is 0. The Balaban J connectivity index is 2.19. The maximum Gasteiger partial charge on any atom is 0.150 e. The van der Waals surface area contributed by atoms with E-state index >= 15 is 0 Å². The zero-order valence-corrected chi connectivity index (χ0v) is 12.0. The Morgan fingerprint density at radius 3 is 2.53 bits per heavy atom. The van der Waals surface area contributed by atoms with E-state index in [-0.39, 0.29) is 17.4 Å². The van der Waals surface area contributed by atoms with Crippen molar-refractivity contribution in [2.24, 2.45) is 5.92 Å². The van der Waals surface area contributed by atoms with Gasteiger partial charge in [0.15, 0.2) is 0 Å². The molecule has 0 aliphatic carbocycles. The molecule has 5 heteroatoms. The number of benzene rings is 1. The van der Waals surface area contributed by atoms with Gasteiger partial charge in [-0.1, -0.05) is 18.2 Å². The number of para-hydroxylation sites is 1. The highest BCUT2D eigenvalue weighted by atomic mass is 32.2. The minimum absolute atomic E-state index is 0.168. The average molecular weight is 283 g/mol. The molecule has 19 heavy (non-hydrogen) atoms. The van der Waals surface area contributed by atoms with Crippen LogP contribution in [0.3, 0.4) is 0 Å². The largest absolute Gasteiger partial charge is 0.508 e. The number of rotatable bonds is 4. The predicted octanol–water partition coefficient (Wildman–Crippen LogP) is 1.52. The van der Waals surface area contributed by atoms with Gasteiger partial charge in [0.05, 0.1) is 11.5 Å². The van der Waals surface area contributed by atoms with Crippen molar-refractivity contribution in [3.63, 3.8) is 0 Å². The van der Waals surface area contributed by atoms with Gasteiger partial charge in [-0.05, 0) is 37.4 Å². The number of hydrogen-bond acceptors (Lipinski definition) is 4. The monoisotopic (exact) mass is 283 g/mol. The Morgan fingerprint density at radius 1 is 1.32 bits per heavy atom. The molecule has 1 aromatic carbocycles. The molecule has 1 unspecified atom stereocenters. The van der Waals surface area contributed by atoms with E-state index in [4.69, 9.17) is 0 Å². The molecule has 1 atom stereocenters. The molecule has 1 saturated heterocycles. The molecule has 1 fully saturated rings. The molecule has 2 rings (SSSR count). The summed E-state index contributed by atoms with van der Waals surface area (Å²) < 4.78 is 23.0. The van der Waals surface area contributed by atoms with Gasteiger partial charge in [0.1, 0.15) is 15.6 Å². The second kappa shape index (κ2) is 5.92. The number of nitrogens with one attached hydrogen (secondary N) is 1. The van der Waals surface area contributed by atoms with Gasteiger partial charge >= 0.3 is 0 Å². The molecule has 1 aliphatic rings. The third-order valence-corrected chi connectivity index (χ3v) is 5.64. The Labute approximate surface area is 114 Å². The minimum Gasteiger partial charge on any atom is -0.508 e. The van der Waals surface area contributed by atoms with Crippen LogP contribution in [0.5, 0.6) is 5.75 Å². The van der Waals surface area contributed by atoms with Crippen molar-refractivity contribution in [2.45, 2.75) is 18.8 Å². The summed E-state index contributed by atoms with van der Waals surface area (Å²) in [6.45, 7) is 0.752. The van der Waals surface area contributed by atoms with E-state index in [2.05, 4.69) is 5.32 Å². The summed E-state index contributed by atoms with van der Waals surface area (Å²) in [6.07, 6.45) is 1.37. The van der Waals surface area contributed by atoms with Crippen LogP contribution < -0.4 is 5.32 Å². The molecular formula is C14H21NO3S. The quantitative estimate of drug-likeness (QED) is 0.879. The normalized spacial score (nSPS) is 21.1. The molecular weight excluding hydrogens is 262 g/mol. The van der Waals surface area contributed by atoms with E-state index in [0.717, 1.165) is 12.1 Å². The van der Waals surface area contributed by atoms with E-state index in [1.807, 2.05) is 19.2 Å². The Bertz CT molecular complexity index is 513. The third-order valence-electron chi connectivity index (χ3n) is 3.93. The molecule has 2 N–H and O–H groups in total. The summed E-state index contributed by atoms with van der Waals surface area (Å²) in [5, 5.41) is 13.1. The zero-order chi connectivity index (χ0) is 13.9. The highest BCUT2D eigenvalue weighted by Gasteiger charge is 2.31. The van der Waals surface area contributed by atoms with Crippen LogP contribution in [-0.4, -0.2) is 38.6 Å². The molecule has 1 aromatic rings. The molecule has 0 aromatic heterocycles. The second-order valence-electron chi connectivity index (χ2n) is 5.21. The lowest BCUT2D eigenvalue weighted by Crippen LogP contribution is -2.31. The van der Waals surface area contributed by atoms with Crippen LogP contribution in [0.15, 0.2) is 24.3 Å². The predicted molar refractivity (Wildman–Crippen MR) is 76.2 cm³/mol. The van der Waals surface area contributed by atoms with Crippen LogP contribution in [-0.2, 0) is 9.84 Å². The summed E-state index contributed by atoms with van der Waals surface area (Å²) >= 11 is 0. The van der Waals surface area contributed by atoms with Crippen LogP contribution >= 0.6 is 0 Å². The topological polar surface area (TPSA) is 66.4 Å². The van der Waals surface area contributed by atoms with E-state index in [9.17, 15) is 13.5 Å². The highest BCUT2D eigenvalue weighted by molar-refractivity contribution is 7.91. The summed E-state index contributed by atoms with van der Waals surface area (Å²) in [6, 6.07) is 7.34. The first-order chi connectivity index (χ1) is 9.03. The van der Waals surface area contributed by atoms with Crippen molar-refractivity contribution in [3.05, 3.63) is 29.8 Å². The summed E-state index contributed by atoms with van der Waals surface area (Å²) in [5.74, 6) is 1.32. The fourth-order valence-corrected chi connectivity index (χ4v) is 4.39. The van der Waals surface area contributed by atoms with E-state index < -0.39 is 9.84 Å². The molecule has 106 valence electrons. The lowest BCUT2D eigenvalue weighted by atomic mass is 9.82. The van der Waals surface area contributed by atoms with Gasteiger partial charge < -0.3 is 10.4 Å². The Morgan fingerprint density at radius 2 is 1.95 bits per heavy atom. The van der Waals surface area contributed by atoms with Crippen molar-refractivity contribution in [1.82, 2.24) is 5.32 Å². The van der Waals surface area contributed by atoms with E-state index in [0.29, 0.717) is 24.5 Å². The second-order valence-corrected chi connectivity index (χ2v) is 7.52. The van der Waals surface area contributed by atoms with Gasteiger partial charge in [-0.3, -0.25) is 0 Å². The van der Waals surface area contributed by atoms with Crippen molar-refractivity contribution >= 4 is 9.84 Å². The number of aromatic hydroxyl groups is 1. The number of phenols is 1. The first-order valence-corrected chi connectivity index (χ1v) is 8.48. The van der Waals surface area contributed by atoms with Gasteiger partial charge in [-0.15, -0.1) is 0 Å². The summed E-state index contributed by atoms with van der Waals surface area (Å²) in [5.41, 5.74) is 0.918. The smallest absolute Gasteiger partial charge is 0.150 e. The number of hydrogen-bond donors (Lipinski definition) is 2. The van der Waals surface area contributed by atoms with Crippen LogP contribution in [0.4, 0.5) is 0 Å². The Kier molecular flexibility index (Phi) is 4.47. The van der Waals surface area contributed by atoms with Crippen molar-refractivity contribution in [3.8, 4) is 5.75 Å².